The lowest BCUT2D eigenvalue weighted by Gasteiger charge is -2.56. The van der Waals surface area contributed by atoms with Crippen molar-refractivity contribution in [3.05, 3.63) is 60.2 Å². The number of fused-ring (bicyclic) bond motifs is 1. The zero-order chi connectivity index (χ0) is 25.8. The fourth-order valence-corrected chi connectivity index (χ4v) is 6.08. The van der Waals surface area contributed by atoms with Crippen molar-refractivity contribution < 1.29 is 27.5 Å². The highest BCUT2D eigenvalue weighted by molar-refractivity contribution is 5.86. The van der Waals surface area contributed by atoms with E-state index in [9.17, 15) is 14.0 Å². The highest BCUT2D eigenvalue weighted by atomic mass is 19.3. The molecule has 3 aliphatic rings. The second-order valence-electron chi connectivity index (χ2n) is 10.2. The Morgan fingerprint density at radius 2 is 1.94 bits per heavy atom. The molecule has 1 saturated carbocycles. The number of aromatic nitrogens is 1. The third-order valence-corrected chi connectivity index (χ3v) is 8.15. The molecule has 1 aromatic carbocycles. The van der Waals surface area contributed by atoms with Gasteiger partial charge in [0, 0.05) is 43.1 Å². The minimum atomic E-state index is -3.12. The number of nitrogens with zero attached hydrogens (tertiary/aromatic N) is 2. The lowest BCUT2D eigenvalue weighted by atomic mass is 9.59. The van der Waals surface area contributed by atoms with Crippen LogP contribution < -0.4 is 5.73 Å². The predicted molar refractivity (Wildman–Crippen MR) is 127 cm³/mol. The molecule has 6 nitrogen and oxygen atoms in total. The van der Waals surface area contributed by atoms with E-state index in [1.807, 2.05) is 0 Å². The molecule has 190 valence electrons. The molecule has 2 aliphatic heterocycles. The van der Waals surface area contributed by atoms with Crippen LogP contribution in [0.5, 0.6) is 0 Å². The van der Waals surface area contributed by atoms with Gasteiger partial charge in [-0.15, -0.1) is 0 Å². The number of benzene rings is 1. The highest BCUT2D eigenvalue weighted by Crippen LogP contribution is 2.58. The zero-order valence-electron chi connectivity index (χ0n) is 20.0. The summed E-state index contributed by atoms with van der Waals surface area (Å²) in [4.78, 5) is 30.7. The Kier molecular flexibility index (Phi) is 5.94. The Morgan fingerprint density at radius 1 is 1.19 bits per heavy atom. The van der Waals surface area contributed by atoms with Gasteiger partial charge in [-0.1, -0.05) is 31.2 Å². The van der Waals surface area contributed by atoms with Gasteiger partial charge in [0.15, 0.2) is 0 Å². The van der Waals surface area contributed by atoms with Crippen LogP contribution in [0, 0.1) is 29.5 Å². The molecule has 1 aliphatic carbocycles. The van der Waals surface area contributed by atoms with Crippen LogP contribution in [0.25, 0.3) is 17.2 Å². The number of carbonyl (C=O) groups excluding carboxylic acids is 2. The SMILES string of the molecule is CC1OC(=O)C2(N3CC(C(N)=O)C3)CC(F)(F)C(C)C(C=Cc3ccc(-c4cccc(F)c4)cn3)C12. The third-order valence-electron chi connectivity index (χ3n) is 8.15. The number of esters is 1. The molecule has 2 N–H and O–H groups in total. The van der Waals surface area contributed by atoms with Gasteiger partial charge in [0.2, 0.25) is 5.91 Å². The lowest BCUT2D eigenvalue weighted by molar-refractivity contribution is -0.191. The fraction of sp³-hybridized carbons (Fsp3) is 0.444. The Morgan fingerprint density at radius 3 is 2.58 bits per heavy atom. The number of carbonyl (C=O) groups is 2. The molecule has 5 unspecified atom stereocenters. The maximum Gasteiger partial charge on any atom is 0.327 e. The van der Waals surface area contributed by atoms with Gasteiger partial charge in [0.05, 0.1) is 11.6 Å². The van der Waals surface area contributed by atoms with Crippen molar-refractivity contribution in [3.8, 4) is 11.1 Å². The third kappa shape index (κ3) is 3.89. The summed E-state index contributed by atoms with van der Waals surface area (Å²) in [7, 11) is 0. The van der Waals surface area contributed by atoms with Crippen molar-refractivity contribution in [3.63, 3.8) is 0 Å². The van der Waals surface area contributed by atoms with Gasteiger partial charge in [0.25, 0.3) is 5.92 Å². The number of amides is 1. The van der Waals surface area contributed by atoms with Crippen molar-refractivity contribution in [1.82, 2.24) is 9.88 Å². The summed E-state index contributed by atoms with van der Waals surface area (Å²) in [6.45, 7) is 3.56. The Balaban J connectivity index is 1.45. The average molecular weight is 500 g/mol. The molecule has 5 atom stereocenters. The predicted octanol–water partition coefficient (Wildman–Crippen LogP) is 3.91. The van der Waals surface area contributed by atoms with Crippen molar-refractivity contribution in [2.45, 2.75) is 37.8 Å². The molecular weight excluding hydrogens is 471 g/mol. The number of hydrogen-bond acceptors (Lipinski definition) is 5. The highest BCUT2D eigenvalue weighted by Gasteiger charge is 2.71. The number of alkyl halides is 2. The quantitative estimate of drug-likeness (QED) is 0.631. The number of likely N-dealkylation sites (tertiary alicyclic amines) is 1. The smallest absolute Gasteiger partial charge is 0.327 e. The van der Waals surface area contributed by atoms with Gasteiger partial charge in [-0.2, -0.15) is 0 Å². The zero-order valence-corrected chi connectivity index (χ0v) is 20.0. The van der Waals surface area contributed by atoms with Crippen LogP contribution in [-0.2, 0) is 14.3 Å². The van der Waals surface area contributed by atoms with Gasteiger partial charge < -0.3 is 10.5 Å². The normalized spacial score (nSPS) is 32.2. The van der Waals surface area contributed by atoms with E-state index in [4.69, 9.17) is 10.5 Å². The number of allylic oxidation sites excluding steroid dienone is 1. The van der Waals surface area contributed by atoms with Gasteiger partial charge in [-0.3, -0.25) is 19.5 Å². The number of rotatable bonds is 5. The largest absolute Gasteiger partial charge is 0.461 e. The summed E-state index contributed by atoms with van der Waals surface area (Å²) < 4.78 is 49.9. The number of hydrogen-bond donors (Lipinski definition) is 1. The molecule has 2 aromatic rings. The first-order valence-corrected chi connectivity index (χ1v) is 12.1. The first kappa shape index (κ1) is 24.5. The summed E-state index contributed by atoms with van der Waals surface area (Å²) in [5.41, 5.74) is 5.85. The van der Waals surface area contributed by atoms with E-state index in [1.54, 1.807) is 54.4 Å². The molecule has 1 amide bonds. The fourth-order valence-electron chi connectivity index (χ4n) is 6.08. The summed E-state index contributed by atoms with van der Waals surface area (Å²) in [5.74, 6) is -7.33. The molecule has 2 saturated heterocycles. The summed E-state index contributed by atoms with van der Waals surface area (Å²) in [5, 5.41) is 0. The molecule has 0 spiro atoms. The minimum absolute atomic E-state index is 0.164. The minimum Gasteiger partial charge on any atom is -0.461 e. The van der Waals surface area contributed by atoms with E-state index in [0.717, 1.165) is 5.56 Å². The second kappa shape index (κ2) is 8.73. The molecule has 5 rings (SSSR count). The molecule has 0 radical (unpaired) electrons. The Labute approximate surface area is 207 Å². The summed E-state index contributed by atoms with van der Waals surface area (Å²) >= 11 is 0. The average Bonchev–Trinajstić information content (AvgIpc) is 3.02. The topological polar surface area (TPSA) is 85.5 Å². The number of primary amides is 1. The molecule has 0 bridgehead atoms. The standard InChI is InChI=1S/C27H28F3N3O3/c1-15-22(9-8-21-7-6-18(11-32-21)17-4-3-5-20(28)10-17)23-16(2)36-25(35)26(23,14-27(15,29)30)33-12-19(13-33)24(31)34/h3-11,15-16,19,22-23H,12-14H2,1-2H3,(H2,31,34). The van der Waals surface area contributed by atoms with Crippen LogP contribution in [0.2, 0.25) is 0 Å². The monoisotopic (exact) mass is 499 g/mol. The van der Waals surface area contributed by atoms with Crippen molar-refractivity contribution >= 4 is 18.0 Å². The first-order valence-electron chi connectivity index (χ1n) is 12.1. The van der Waals surface area contributed by atoms with E-state index in [0.29, 0.717) is 11.3 Å². The molecule has 3 heterocycles. The van der Waals surface area contributed by atoms with Crippen molar-refractivity contribution in [2.75, 3.05) is 13.1 Å². The molecular formula is C27H28F3N3O3. The maximum absolute atomic E-state index is 15.4. The summed E-state index contributed by atoms with van der Waals surface area (Å²) in [6, 6.07) is 9.70. The van der Waals surface area contributed by atoms with E-state index >= 15 is 8.78 Å². The van der Waals surface area contributed by atoms with Crippen molar-refractivity contribution in [1.29, 1.82) is 0 Å². The van der Waals surface area contributed by atoms with Crippen LogP contribution >= 0.6 is 0 Å². The van der Waals surface area contributed by atoms with E-state index in [2.05, 4.69) is 4.98 Å². The lowest BCUT2D eigenvalue weighted by Crippen LogP contribution is -2.71. The number of pyridine rings is 1. The van der Waals surface area contributed by atoms with Gasteiger partial charge in [-0.25, -0.2) is 13.2 Å². The molecule has 9 heteroatoms. The van der Waals surface area contributed by atoms with Crippen LogP contribution in [0.4, 0.5) is 13.2 Å². The van der Waals surface area contributed by atoms with Crippen LogP contribution in [0.15, 0.2) is 48.7 Å². The molecule has 3 fully saturated rings. The van der Waals surface area contributed by atoms with E-state index in [-0.39, 0.29) is 18.9 Å². The second-order valence-corrected chi connectivity index (χ2v) is 10.2. The van der Waals surface area contributed by atoms with Gasteiger partial charge >= 0.3 is 5.97 Å². The first-order chi connectivity index (χ1) is 17.0. The van der Waals surface area contributed by atoms with Crippen molar-refractivity contribution in [2.24, 2.45) is 29.4 Å². The van der Waals surface area contributed by atoms with Crippen LogP contribution in [-0.4, -0.2) is 52.4 Å². The van der Waals surface area contributed by atoms with E-state index in [1.165, 1.54) is 19.1 Å². The molecule has 1 aromatic heterocycles. The van der Waals surface area contributed by atoms with Crippen LogP contribution in [0.1, 0.15) is 26.0 Å². The van der Waals surface area contributed by atoms with Gasteiger partial charge in [-0.05, 0) is 42.7 Å². The Hall–Kier alpha value is -3.20. The molecule has 36 heavy (non-hydrogen) atoms. The number of nitrogens with two attached hydrogens (primary N) is 1. The van der Waals surface area contributed by atoms with Gasteiger partial charge in [0.1, 0.15) is 17.5 Å². The maximum atomic E-state index is 15.4. The number of ether oxygens (including phenoxy) is 1. The number of halogens is 3. The number of cyclic esters (lactones) is 1. The Bertz CT molecular complexity index is 1210. The summed E-state index contributed by atoms with van der Waals surface area (Å²) in [6.07, 6.45) is 3.77. The van der Waals surface area contributed by atoms with Crippen LogP contribution in [0.3, 0.4) is 0 Å². The van der Waals surface area contributed by atoms with E-state index < -0.39 is 59.5 Å².